The van der Waals surface area contributed by atoms with Gasteiger partial charge in [0.05, 0.1) is 17.8 Å². The fourth-order valence-corrected chi connectivity index (χ4v) is 6.67. The van der Waals surface area contributed by atoms with Gasteiger partial charge in [0.1, 0.15) is 10.6 Å². The number of nitrogens with zero attached hydrogens (tertiary/aromatic N) is 3. The zero-order chi connectivity index (χ0) is 22.9. The maximum absolute atomic E-state index is 13.1. The number of methoxy groups -OCH3 is 1. The zero-order valence-corrected chi connectivity index (χ0v) is 20.9. The molecule has 0 spiro atoms. The molecule has 1 aliphatic heterocycles. The van der Waals surface area contributed by atoms with Gasteiger partial charge in [-0.2, -0.15) is 4.31 Å². The maximum atomic E-state index is 13.1. The van der Waals surface area contributed by atoms with Crippen LogP contribution in [0.25, 0.3) is 0 Å². The summed E-state index contributed by atoms with van der Waals surface area (Å²) in [5, 5.41) is 3.56. The summed E-state index contributed by atoms with van der Waals surface area (Å²) in [6.07, 6.45) is 0.739. The summed E-state index contributed by atoms with van der Waals surface area (Å²) in [5.41, 5.74) is 2.84. The maximum Gasteiger partial charge on any atom is 0.244 e. The Bertz CT molecular complexity index is 1210. The van der Waals surface area contributed by atoms with E-state index in [1.807, 2.05) is 24.3 Å². The van der Waals surface area contributed by atoms with Crippen LogP contribution in [0.1, 0.15) is 16.8 Å². The fourth-order valence-electron chi connectivity index (χ4n) is 3.56. The number of hydrogen-bond donors (Lipinski definition) is 0. The molecule has 0 saturated carbocycles. The molecule has 1 fully saturated rings. The van der Waals surface area contributed by atoms with E-state index in [1.165, 1.54) is 10.4 Å². The highest BCUT2D eigenvalue weighted by Crippen LogP contribution is 2.31. The Hall–Kier alpha value is -1.84. The first kappa shape index (κ1) is 23.3. The Morgan fingerprint density at radius 2 is 1.75 bits per heavy atom. The third-order valence-electron chi connectivity index (χ3n) is 5.42. The number of rotatable bonds is 6. The normalized spacial score (nSPS) is 15.2. The van der Waals surface area contributed by atoms with Gasteiger partial charge in [0.15, 0.2) is 5.13 Å². The molecule has 10 heteroatoms. The summed E-state index contributed by atoms with van der Waals surface area (Å²) in [6.45, 7) is 3.64. The van der Waals surface area contributed by atoms with Gasteiger partial charge in [0.25, 0.3) is 0 Å². The van der Waals surface area contributed by atoms with E-state index in [2.05, 4.69) is 10.3 Å². The summed E-state index contributed by atoms with van der Waals surface area (Å²) in [6, 6.07) is 11.0. The van der Waals surface area contributed by atoms with Crippen molar-refractivity contribution in [1.82, 2.24) is 9.29 Å². The Morgan fingerprint density at radius 1 is 1.06 bits per heavy atom. The molecule has 1 aromatic heterocycles. The Labute approximate surface area is 202 Å². The number of piperazine rings is 1. The van der Waals surface area contributed by atoms with Crippen LogP contribution in [0.3, 0.4) is 0 Å². The number of halogens is 2. The number of thiazole rings is 1. The zero-order valence-electron chi connectivity index (χ0n) is 17.7. The van der Waals surface area contributed by atoms with E-state index in [-0.39, 0.29) is 9.92 Å². The summed E-state index contributed by atoms with van der Waals surface area (Å²) in [5.74, 6) is 0.829. The highest BCUT2D eigenvalue weighted by Gasteiger charge is 2.31. The molecular weight excluding hydrogens is 489 g/mol. The van der Waals surface area contributed by atoms with Gasteiger partial charge in [0, 0.05) is 43.0 Å². The second-order valence-corrected chi connectivity index (χ2v) is 11.1. The van der Waals surface area contributed by atoms with Crippen LogP contribution in [0.15, 0.2) is 46.7 Å². The van der Waals surface area contributed by atoms with Crippen molar-refractivity contribution in [3.8, 4) is 5.75 Å². The standard InChI is InChI=1S/C22H23Cl2N3O3S2/c1-15-11-21(20(24)13-19(15)23)32(28,29)27-9-7-26(8-10-27)22-25-17(14-31-22)12-16-3-5-18(30-2)6-4-16/h3-6,11,13-14H,7-10,12H2,1-2H3. The molecule has 6 nitrogen and oxygen atoms in total. The average Bonchev–Trinajstić information content (AvgIpc) is 3.25. The molecule has 1 saturated heterocycles. The molecule has 3 aromatic rings. The average molecular weight is 512 g/mol. The quantitative estimate of drug-likeness (QED) is 0.472. The number of hydrogen-bond acceptors (Lipinski definition) is 6. The van der Waals surface area contributed by atoms with Gasteiger partial charge in [-0.05, 0) is 42.3 Å². The SMILES string of the molecule is COc1ccc(Cc2csc(N3CCN(S(=O)(=O)c4cc(C)c(Cl)cc4Cl)CC3)n2)cc1. The van der Waals surface area contributed by atoms with Crippen molar-refractivity contribution in [1.29, 1.82) is 0 Å². The van der Waals surface area contributed by atoms with Gasteiger partial charge in [-0.3, -0.25) is 0 Å². The smallest absolute Gasteiger partial charge is 0.244 e. The van der Waals surface area contributed by atoms with Gasteiger partial charge < -0.3 is 9.64 Å². The van der Waals surface area contributed by atoms with Crippen LogP contribution in [0.4, 0.5) is 5.13 Å². The van der Waals surface area contributed by atoms with Crippen molar-refractivity contribution in [2.45, 2.75) is 18.2 Å². The molecule has 2 aromatic carbocycles. The lowest BCUT2D eigenvalue weighted by molar-refractivity contribution is 0.384. The van der Waals surface area contributed by atoms with E-state index in [0.717, 1.165) is 28.6 Å². The fraction of sp³-hybridized carbons (Fsp3) is 0.318. The van der Waals surface area contributed by atoms with Gasteiger partial charge in [-0.1, -0.05) is 35.3 Å². The number of sulfonamides is 1. The largest absolute Gasteiger partial charge is 0.497 e. The van der Waals surface area contributed by atoms with Crippen LogP contribution in [0.5, 0.6) is 5.75 Å². The number of benzene rings is 2. The van der Waals surface area contributed by atoms with E-state index >= 15 is 0 Å². The minimum Gasteiger partial charge on any atom is -0.497 e. The highest BCUT2D eigenvalue weighted by atomic mass is 35.5. The van der Waals surface area contributed by atoms with Crippen LogP contribution in [0.2, 0.25) is 10.0 Å². The molecule has 170 valence electrons. The minimum absolute atomic E-state index is 0.102. The van der Waals surface area contributed by atoms with E-state index in [9.17, 15) is 8.42 Å². The van der Waals surface area contributed by atoms with E-state index < -0.39 is 10.0 Å². The van der Waals surface area contributed by atoms with Crippen LogP contribution in [-0.4, -0.2) is 51.0 Å². The second kappa shape index (κ2) is 9.57. The van der Waals surface area contributed by atoms with E-state index in [4.69, 9.17) is 32.9 Å². The molecule has 0 unspecified atom stereocenters. The lowest BCUT2D eigenvalue weighted by Crippen LogP contribution is -2.48. The van der Waals surface area contributed by atoms with Crippen molar-refractivity contribution in [3.63, 3.8) is 0 Å². The second-order valence-electron chi connectivity index (χ2n) is 7.57. The predicted molar refractivity (Wildman–Crippen MR) is 130 cm³/mol. The lowest BCUT2D eigenvalue weighted by Gasteiger charge is -2.34. The van der Waals surface area contributed by atoms with Crippen LogP contribution >= 0.6 is 34.5 Å². The van der Waals surface area contributed by atoms with Crippen molar-refractivity contribution in [3.05, 3.63) is 68.6 Å². The van der Waals surface area contributed by atoms with E-state index in [1.54, 1.807) is 31.4 Å². The molecule has 0 N–H and O–H groups in total. The Kier molecular flexibility index (Phi) is 6.97. The molecular formula is C22H23Cl2N3O3S2. The van der Waals surface area contributed by atoms with E-state index in [0.29, 0.717) is 36.8 Å². The predicted octanol–water partition coefficient (Wildman–Crippen LogP) is 4.87. The van der Waals surface area contributed by atoms with Gasteiger partial charge in [-0.25, -0.2) is 13.4 Å². The molecule has 2 heterocycles. The molecule has 0 bridgehead atoms. The summed E-state index contributed by atoms with van der Waals surface area (Å²) >= 11 is 13.8. The molecule has 0 atom stereocenters. The summed E-state index contributed by atoms with van der Waals surface area (Å²) in [4.78, 5) is 6.99. The lowest BCUT2D eigenvalue weighted by atomic mass is 10.1. The molecule has 0 amide bonds. The van der Waals surface area contributed by atoms with Crippen molar-refractivity contribution in [2.75, 3.05) is 38.2 Å². The van der Waals surface area contributed by atoms with Crippen LogP contribution < -0.4 is 9.64 Å². The highest BCUT2D eigenvalue weighted by molar-refractivity contribution is 7.89. The summed E-state index contributed by atoms with van der Waals surface area (Å²) in [7, 11) is -2.04. The Balaban J connectivity index is 1.41. The monoisotopic (exact) mass is 511 g/mol. The van der Waals surface area contributed by atoms with Gasteiger partial charge in [0.2, 0.25) is 10.0 Å². The molecule has 0 aliphatic carbocycles. The third kappa shape index (κ3) is 4.89. The van der Waals surface area contributed by atoms with Crippen molar-refractivity contribution < 1.29 is 13.2 Å². The van der Waals surface area contributed by atoms with Gasteiger partial charge in [-0.15, -0.1) is 11.3 Å². The van der Waals surface area contributed by atoms with Crippen LogP contribution in [-0.2, 0) is 16.4 Å². The molecule has 4 rings (SSSR count). The number of anilines is 1. The molecule has 0 radical (unpaired) electrons. The number of aromatic nitrogens is 1. The number of ether oxygens (including phenoxy) is 1. The third-order valence-corrected chi connectivity index (χ3v) is 9.14. The first-order valence-electron chi connectivity index (χ1n) is 10.1. The van der Waals surface area contributed by atoms with Gasteiger partial charge >= 0.3 is 0 Å². The molecule has 32 heavy (non-hydrogen) atoms. The van der Waals surface area contributed by atoms with Crippen molar-refractivity contribution >= 4 is 49.7 Å². The molecule has 1 aliphatic rings. The minimum atomic E-state index is -3.69. The first-order chi connectivity index (χ1) is 15.3. The topological polar surface area (TPSA) is 62.7 Å². The first-order valence-corrected chi connectivity index (χ1v) is 13.1. The number of aryl methyl sites for hydroxylation is 1. The Morgan fingerprint density at radius 3 is 2.41 bits per heavy atom. The van der Waals surface area contributed by atoms with Crippen LogP contribution in [0, 0.1) is 6.92 Å². The summed E-state index contributed by atoms with van der Waals surface area (Å²) < 4.78 is 32.9. The van der Waals surface area contributed by atoms with Crippen molar-refractivity contribution in [2.24, 2.45) is 0 Å².